The van der Waals surface area contributed by atoms with Crippen LogP contribution in [0.1, 0.15) is 18.9 Å². The highest BCUT2D eigenvalue weighted by Gasteiger charge is 2.42. The summed E-state index contributed by atoms with van der Waals surface area (Å²) in [7, 11) is 0. The molecule has 0 amide bonds. The lowest BCUT2D eigenvalue weighted by Gasteiger charge is -2.36. The van der Waals surface area contributed by atoms with Crippen LogP contribution in [-0.4, -0.2) is 18.1 Å². The monoisotopic (exact) mass is 246 g/mol. The molecule has 0 aromatic carbocycles. The van der Waals surface area contributed by atoms with Crippen molar-refractivity contribution in [3.63, 3.8) is 0 Å². The molecule has 2 heterocycles. The van der Waals surface area contributed by atoms with Crippen LogP contribution in [0.3, 0.4) is 0 Å². The van der Waals surface area contributed by atoms with Crippen LogP contribution in [0, 0.1) is 11.9 Å². The second kappa shape index (κ2) is 4.26. The predicted octanol–water partition coefficient (Wildman–Crippen LogP) is 2.67. The molecule has 16 heavy (non-hydrogen) atoms. The number of hydrogen-bond acceptors (Lipinski definition) is 2. The summed E-state index contributed by atoms with van der Waals surface area (Å²) in [5, 5.41) is 3.34. The maximum Gasteiger partial charge on any atom is 0.219 e. The van der Waals surface area contributed by atoms with Crippen LogP contribution >= 0.6 is 11.6 Å². The number of piperidine rings is 1. The second-order valence-electron chi connectivity index (χ2n) is 4.21. The zero-order valence-electron chi connectivity index (χ0n) is 8.93. The van der Waals surface area contributed by atoms with Gasteiger partial charge in [-0.05, 0) is 19.0 Å². The number of halogens is 3. The van der Waals surface area contributed by atoms with Crippen LogP contribution in [0.4, 0.5) is 8.78 Å². The molecule has 0 saturated carbocycles. The Morgan fingerprint density at radius 3 is 3.06 bits per heavy atom. The van der Waals surface area contributed by atoms with E-state index in [4.69, 9.17) is 11.6 Å². The number of nitrogens with zero attached hydrogens (tertiary/aromatic N) is 1. The van der Waals surface area contributed by atoms with Crippen molar-refractivity contribution >= 4 is 11.6 Å². The van der Waals surface area contributed by atoms with Gasteiger partial charge in [0.15, 0.2) is 0 Å². The lowest BCUT2D eigenvalue weighted by Crippen LogP contribution is -2.44. The summed E-state index contributed by atoms with van der Waals surface area (Å²) in [6.45, 7) is 2.82. The standard InChI is InChI=1S/C11H13ClF2N2/c1-7-5-15-3-2-11(7,14)9-4-8(12)6-16-10(9)13/h4,6-7,15H,2-3,5H2,1H3/t7?,11-/m1/s1. The van der Waals surface area contributed by atoms with Crippen LogP contribution in [0.15, 0.2) is 12.3 Å². The molecule has 2 rings (SSSR count). The normalized spacial score (nSPS) is 30.4. The van der Waals surface area contributed by atoms with Crippen molar-refractivity contribution in [3.8, 4) is 0 Å². The molecule has 5 heteroatoms. The van der Waals surface area contributed by atoms with Gasteiger partial charge in [0.25, 0.3) is 0 Å². The quantitative estimate of drug-likeness (QED) is 0.771. The lowest BCUT2D eigenvalue weighted by molar-refractivity contribution is 0.0504. The number of nitrogens with one attached hydrogen (secondary N) is 1. The van der Waals surface area contributed by atoms with Crippen molar-refractivity contribution in [1.29, 1.82) is 0 Å². The van der Waals surface area contributed by atoms with Crippen LogP contribution in [0.25, 0.3) is 0 Å². The molecule has 1 saturated heterocycles. The summed E-state index contributed by atoms with van der Waals surface area (Å²) in [5.41, 5.74) is -1.69. The Kier molecular flexibility index (Phi) is 3.13. The van der Waals surface area contributed by atoms with Gasteiger partial charge in [-0.1, -0.05) is 18.5 Å². The molecule has 1 aromatic heterocycles. The minimum atomic E-state index is -1.67. The van der Waals surface area contributed by atoms with Crippen LogP contribution in [0.2, 0.25) is 5.02 Å². The van der Waals surface area contributed by atoms with Gasteiger partial charge in [-0.25, -0.2) is 9.37 Å². The molecule has 0 bridgehead atoms. The number of aromatic nitrogens is 1. The van der Waals surface area contributed by atoms with Crippen LogP contribution in [-0.2, 0) is 5.67 Å². The van der Waals surface area contributed by atoms with E-state index in [1.54, 1.807) is 6.92 Å². The van der Waals surface area contributed by atoms with Gasteiger partial charge < -0.3 is 5.32 Å². The number of alkyl halides is 1. The summed E-state index contributed by atoms with van der Waals surface area (Å²) in [6, 6.07) is 1.34. The molecular formula is C11H13ClF2N2. The topological polar surface area (TPSA) is 24.9 Å². The van der Waals surface area contributed by atoms with E-state index in [9.17, 15) is 8.78 Å². The number of hydrogen-bond donors (Lipinski definition) is 1. The maximum absolute atomic E-state index is 14.8. The molecule has 2 atom stereocenters. The summed E-state index contributed by atoms with van der Waals surface area (Å²) in [4.78, 5) is 3.47. The zero-order chi connectivity index (χ0) is 11.8. The Morgan fingerprint density at radius 2 is 2.38 bits per heavy atom. The number of rotatable bonds is 1. The summed E-state index contributed by atoms with van der Waals surface area (Å²) < 4.78 is 28.3. The first-order valence-electron chi connectivity index (χ1n) is 5.25. The molecular weight excluding hydrogens is 234 g/mol. The lowest BCUT2D eigenvalue weighted by atomic mass is 9.79. The second-order valence-corrected chi connectivity index (χ2v) is 4.65. The highest BCUT2D eigenvalue weighted by molar-refractivity contribution is 6.30. The Bertz CT molecular complexity index is 400. The summed E-state index contributed by atoms with van der Waals surface area (Å²) >= 11 is 5.73. The van der Waals surface area contributed by atoms with Gasteiger partial charge in [-0.3, -0.25) is 0 Å². The minimum absolute atomic E-state index is 0.0194. The average Bonchev–Trinajstić information content (AvgIpc) is 2.26. The van der Waals surface area contributed by atoms with Crippen molar-refractivity contribution in [2.45, 2.75) is 19.0 Å². The van der Waals surface area contributed by atoms with E-state index in [2.05, 4.69) is 10.3 Å². The minimum Gasteiger partial charge on any atom is -0.316 e. The molecule has 1 N–H and O–H groups in total. The molecule has 88 valence electrons. The fourth-order valence-corrected chi connectivity index (χ4v) is 2.27. The molecule has 0 spiro atoms. The molecule has 1 aliphatic heterocycles. The van der Waals surface area contributed by atoms with Gasteiger partial charge >= 0.3 is 0 Å². The van der Waals surface area contributed by atoms with Crippen molar-refractivity contribution in [3.05, 3.63) is 28.8 Å². The molecule has 0 radical (unpaired) electrons. The van der Waals surface area contributed by atoms with Crippen molar-refractivity contribution in [2.24, 2.45) is 5.92 Å². The Labute approximate surface area is 98.0 Å². The van der Waals surface area contributed by atoms with Crippen LogP contribution < -0.4 is 5.32 Å². The molecule has 0 aliphatic carbocycles. The predicted molar refractivity (Wildman–Crippen MR) is 58.6 cm³/mol. The third kappa shape index (κ3) is 1.92. The first-order valence-corrected chi connectivity index (χ1v) is 5.63. The van der Waals surface area contributed by atoms with Crippen molar-refractivity contribution in [1.82, 2.24) is 10.3 Å². The Morgan fingerprint density at radius 1 is 1.62 bits per heavy atom. The average molecular weight is 247 g/mol. The molecule has 1 fully saturated rings. The first-order chi connectivity index (χ1) is 7.54. The third-order valence-corrected chi connectivity index (χ3v) is 3.36. The van der Waals surface area contributed by atoms with Crippen LogP contribution in [0.5, 0.6) is 0 Å². The highest BCUT2D eigenvalue weighted by atomic mass is 35.5. The van der Waals surface area contributed by atoms with E-state index in [0.717, 1.165) is 0 Å². The van der Waals surface area contributed by atoms with E-state index in [1.165, 1.54) is 12.3 Å². The molecule has 1 aliphatic rings. The van der Waals surface area contributed by atoms with E-state index in [0.29, 0.717) is 13.1 Å². The summed E-state index contributed by atoms with van der Waals surface area (Å²) in [6.07, 6.45) is 1.43. The van der Waals surface area contributed by atoms with E-state index < -0.39 is 11.6 Å². The Balaban J connectivity index is 2.44. The van der Waals surface area contributed by atoms with Gasteiger partial charge in [-0.15, -0.1) is 0 Å². The third-order valence-electron chi connectivity index (χ3n) is 3.15. The van der Waals surface area contributed by atoms with Gasteiger partial charge in [0.05, 0.1) is 5.02 Å². The molecule has 1 aromatic rings. The highest BCUT2D eigenvalue weighted by Crippen LogP contribution is 2.40. The fraction of sp³-hybridized carbons (Fsp3) is 0.545. The van der Waals surface area contributed by atoms with E-state index >= 15 is 0 Å². The van der Waals surface area contributed by atoms with Gasteiger partial charge in [0.2, 0.25) is 5.95 Å². The number of pyridine rings is 1. The largest absolute Gasteiger partial charge is 0.316 e. The van der Waals surface area contributed by atoms with Gasteiger partial charge in [-0.2, -0.15) is 4.39 Å². The Hall–Kier alpha value is -0.740. The van der Waals surface area contributed by atoms with Gasteiger partial charge in [0, 0.05) is 24.2 Å². The van der Waals surface area contributed by atoms with E-state index in [-0.39, 0.29) is 22.9 Å². The summed E-state index contributed by atoms with van der Waals surface area (Å²) in [5.74, 6) is -1.06. The zero-order valence-corrected chi connectivity index (χ0v) is 9.69. The SMILES string of the molecule is CC1CNCC[C@]1(F)c1cc(Cl)cnc1F. The first kappa shape index (κ1) is 11.7. The maximum atomic E-state index is 14.8. The van der Waals surface area contributed by atoms with E-state index in [1.807, 2.05) is 0 Å². The molecule has 1 unspecified atom stereocenters. The van der Waals surface area contributed by atoms with Gasteiger partial charge in [0.1, 0.15) is 5.67 Å². The van der Waals surface area contributed by atoms with Crippen molar-refractivity contribution in [2.75, 3.05) is 13.1 Å². The molecule has 2 nitrogen and oxygen atoms in total. The fourth-order valence-electron chi connectivity index (χ4n) is 2.11. The smallest absolute Gasteiger partial charge is 0.219 e. The van der Waals surface area contributed by atoms with Crippen molar-refractivity contribution < 1.29 is 8.78 Å².